The van der Waals surface area contributed by atoms with Crippen LogP contribution in [-0.4, -0.2) is 42.2 Å². The predicted molar refractivity (Wildman–Crippen MR) is 237 cm³/mol. The van der Waals surface area contributed by atoms with Crippen molar-refractivity contribution < 1.29 is 28.8 Å². The van der Waals surface area contributed by atoms with Crippen LogP contribution < -0.4 is 25.1 Å². The first-order chi connectivity index (χ1) is 28.9. The second-order valence-corrected chi connectivity index (χ2v) is 15.8. The molecule has 7 rings (SSSR count). The van der Waals surface area contributed by atoms with Gasteiger partial charge in [0.1, 0.15) is 19.0 Å². The van der Waals surface area contributed by atoms with Crippen molar-refractivity contribution in [3.63, 3.8) is 0 Å². The lowest BCUT2D eigenvalue weighted by molar-refractivity contribution is -0.130. The van der Waals surface area contributed by atoms with Crippen molar-refractivity contribution in [2.24, 2.45) is 4.99 Å². The average Bonchev–Trinajstić information content (AvgIpc) is 3.66. The minimum Gasteiger partial charge on any atom is -0.494 e. The van der Waals surface area contributed by atoms with E-state index in [1.807, 2.05) is 152 Å². The van der Waals surface area contributed by atoms with Crippen molar-refractivity contribution in [2.45, 2.75) is 44.1 Å². The number of halogens is 2. The Balaban J connectivity index is 1.11. The van der Waals surface area contributed by atoms with Gasteiger partial charge in [-0.15, -0.1) is 0 Å². The first kappa shape index (κ1) is 41.7. The van der Waals surface area contributed by atoms with Crippen molar-refractivity contribution in [1.29, 1.82) is 0 Å². The molecule has 0 fully saturated rings. The van der Waals surface area contributed by atoms with E-state index in [1.54, 1.807) is 0 Å². The van der Waals surface area contributed by atoms with E-state index in [2.05, 4.69) is 42.7 Å². The molecule has 6 aromatic carbocycles. The number of aliphatic hydroxyl groups is 1. The van der Waals surface area contributed by atoms with Crippen LogP contribution in [0, 0.1) is 0 Å². The largest absolute Gasteiger partial charge is 0.494 e. The van der Waals surface area contributed by atoms with Crippen molar-refractivity contribution in [2.75, 3.05) is 19.8 Å². The fourth-order valence-corrected chi connectivity index (χ4v) is 7.49. The second-order valence-electron chi connectivity index (χ2n) is 14.1. The Morgan fingerprint density at radius 3 is 2.03 bits per heavy atom. The quantitative estimate of drug-likeness (QED) is 0.0549. The van der Waals surface area contributed by atoms with Gasteiger partial charge in [-0.25, -0.2) is 10.4 Å². The summed E-state index contributed by atoms with van der Waals surface area (Å²) in [5.74, 6) is 1.97. The maximum absolute atomic E-state index is 14.8. The molecule has 1 aliphatic heterocycles. The van der Waals surface area contributed by atoms with Crippen LogP contribution in [0.25, 0.3) is 0 Å². The Hall–Kier alpha value is -5.46. The first-order valence-corrected chi connectivity index (χ1v) is 21.1. The highest BCUT2D eigenvalue weighted by Crippen LogP contribution is 2.44. The second kappa shape index (κ2) is 20.5. The highest BCUT2D eigenvalue weighted by Gasteiger charge is 2.54. The van der Waals surface area contributed by atoms with Crippen LogP contribution in [0.5, 0.6) is 17.2 Å². The van der Waals surface area contributed by atoms with Crippen LogP contribution >= 0.6 is 31.9 Å². The minimum absolute atomic E-state index is 0.0553. The van der Waals surface area contributed by atoms with Gasteiger partial charge in [0.15, 0.2) is 23.1 Å². The maximum Gasteiger partial charge on any atom is 0.266 e. The van der Waals surface area contributed by atoms with E-state index in [4.69, 9.17) is 29.0 Å². The number of hydrogen-bond acceptors (Lipinski definition) is 8. The third kappa shape index (κ3) is 11.0. The molecule has 0 bridgehead atoms. The summed E-state index contributed by atoms with van der Waals surface area (Å²) in [5.41, 5.74) is 10.3. The molecule has 0 spiro atoms. The number of benzene rings is 6. The Bertz CT molecular complexity index is 2310. The molecule has 9 nitrogen and oxygen atoms in total. The summed E-state index contributed by atoms with van der Waals surface area (Å²) in [6, 6.07) is 49.0. The van der Waals surface area contributed by atoms with E-state index in [0.717, 1.165) is 36.8 Å². The molecular formula is C48H45Br2N3O6. The zero-order valence-electron chi connectivity index (χ0n) is 32.4. The molecule has 0 radical (unpaired) electrons. The molecule has 1 amide bonds. The summed E-state index contributed by atoms with van der Waals surface area (Å²) in [6.45, 7) is 1.69. The number of aliphatic hydroxyl groups excluding tert-OH is 1. The van der Waals surface area contributed by atoms with E-state index in [-0.39, 0.29) is 18.9 Å². The monoisotopic (exact) mass is 917 g/mol. The van der Waals surface area contributed by atoms with Gasteiger partial charge in [-0.3, -0.25) is 10.2 Å². The van der Waals surface area contributed by atoms with Crippen LogP contribution in [0.1, 0.15) is 45.9 Å². The topological polar surface area (TPSA) is 111 Å². The Labute approximate surface area is 361 Å². The fourth-order valence-electron chi connectivity index (χ4n) is 6.73. The number of carbonyl (C=O) groups is 1. The Morgan fingerprint density at radius 1 is 0.712 bits per heavy atom. The van der Waals surface area contributed by atoms with Gasteiger partial charge in [0, 0.05) is 46.1 Å². The molecule has 0 unspecified atom stereocenters. The number of hydrazine groups is 1. The molecule has 0 saturated carbocycles. The highest BCUT2D eigenvalue weighted by atomic mass is 79.9. The van der Waals surface area contributed by atoms with Crippen molar-refractivity contribution >= 4 is 43.7 Å². The molecule has 1 aliphatic rings. The van der Waals surface area contributed by atoms with Crippen LogP contribution in [0.15, 0.2) is 166 Å². The first-order valence-electron chi connectivity index (χ1n) is 19.5. The molecule has 1 heterocycles. The molecule has 0 aromatic heterocycles. The molecule has 0 aliphatic carbocycles. The smallest absolute Gasteiger partial charge is 0.266 e. The van der Waals surface area contributed by atoms with Gasteiger partial charge in [0.2, 0.25) is 5.90 Å². The van der Waals surface area contributed by atoms with Gasteiger partial charge in [-0.2, -0.15) is 0 Å². The van der Waals surface area contributed by atoms with E-state index in [0.29, 0.717) is 67.9 Å². The highest BCUT2D eigenvalue weighted by molar-refractivity contribution is 9.10. The number of carbonyl (C=O) groups excluding carboxylic acids is 1. The molecule has 2 atom stereocenters. The van der Waals surface area contributed by atoms with Crippen molar-refractivity contribution in [1.82, 2.24) is 10.9 Å². The van der Waals surface area contributed by atoms with Crippen LogP contribution in [0.2, 0.25) is 0 Å². The van der Waals surface area contributed by atoms with E-state index < -0.39 is 11.6 Å². The van der Waals surface area contributed by atoms with Gasteiger partial charge in [-0.1, -0.05) is 129 Å². The molecule has 3 N–H and O–H groups in total. The zero-order valence-corrected chi connectivity index (χ0v) is 35.5. The molecule has 0 saturated heterocycles. The molecule has 11 heteroatoms. The molecule has 6 aromatic rings. The minimum atomic E-state index is -1.40. The van der Waals surface area contributed by atoms with Gasteiger partial charge >= 0.3 is 0 Å². The van der Waals surface area contributed by atoms with Gasteiger partial charge < -0.3 is 24.1 Å². The lowest BCUT2D eigenvalue weighted by atomic mass is 9.82. The van der Waals surface area contributed by atoms with Crippen LogP contribution in [0.4, 0.5) is 0 Å². The SMILES string of the molecule is O=C(NNCCc1ccc(OCc2ccccc2)c(OCc2ccccc2)c1)[C@@]1(Cc2ccc(Br)cc2)N=C(c2ccc(OCCCO)cc2)O[C@H]1c1ccccc1Br. The standard InChI is InChI=1S/C48H45Br2N3O6/c49-39-21-16-35(17-22-39)31-48(45(41-14-7-8-15-42(41)50)59-46(52-48)38-19-23-40(24-20-38)56-29-9-28-54)47(55)53-51-27-26-34-18-25-43(57-32-36-10-3-1-4-11-36)44(30-34)58-33-37-12-5-2-6-13-37/h1-8,10-25,30,45,51,54H,9,26-29,31-33H2,(H,53,55)/t45-,48-/m0/s1. The lowest BCUT2D eigenvalue weighted by Crippen LogP contribution is -2.54. The number of aliphatic imine (C=N–C) groups is 1. The van der Waals surface area contributed by atoms with Gasteiger partial charge in [0.05, 0.1) is 6.61 Å². The number of nitrogens with zero attached hydrogens (tertiary/aromatic N) is 1. The summed E-state index contributed by atoms with van der Waals surface area (Å²) in [6.07, 6.45) is 0.615. The van der Waals surface area contributed by atoms with Crippen LogP contribution in [0.3, 0.4) is 0 Å². The molecular weight excluding hydrogens is 874 g/mol. The van der Waals surface area contributed by atoms with Gasteiger partial charge in [0.25, 0.3) is 5.91 Å². The summed E-state index contributed by atoms with van der Waals surface area (Å²) < 4.78 is 26.7. The summed E-state index contributed by atoms with van der Waals surface area (Å²) in [5, 5.41) is 9.16. The number of hydrogen-bond donors (Lipinski definition) is 3. The van der Waals surface area contributed by atoms with E-state index in [1.165, 1.54) is 0 Å². The summed E-state index contributed by atoms with van der Waals surface area (Å²) >= 11 is 7.27. The summed E-state index contributed by atoms with van der Waals surface area (Å²) in [7, 11) is 0. The normalized spacial score (nSPS) is 15.8. The average molecular weight is 920 g/mol. The number of ether oxygens (including phenoxy) is 4. The Morgan fingerprint density at radius 2 is 1.36 bits per heavy atom. The third-order valence-corrected chi connectivity index (χ3v) is 11.1. The third-order valence-electron chi connectivity index (χ3n) is 9.83. The van der Waals surface area contributed by atoms with E-state index >= 15 is 0 Å². The van der Waals surface area contributed by atoms with E-state index in [9.17, 15) is 4.79 Å². The molecule has 59 heavy (non-hydrogen) atoms. The summed E-state index contributed by atoms with van der Waals surface area (Å²) in [4.78, 5) is 19.9. The number of nitrogens with one attached hydrogen (secondary N) is 2. The zero-order chi connectivity index (χ0) is 40.9. The van der Waals surface area contributed by atoms with Gasteiger partial charge in [-0.05, 0) is 83.3 Å². The van der Waals surface area contributed by atoms with Crippen molar-refractivity contribution in [3.8, 4) is 17.2 Å². The van der Waals surface area contributed by atoms with Crippen molar-refractivity contribution in [3.05, 3.63) is 194 Å². The number of rotatable bonds is 19. The lowest BCUT2D eigenvalue weighted by Gasteiger charge is -2.31. The maximum atomic E-state index is 14.8. The molecule has 302 valence electrons. The predicted octanol–water partition coefficient (Wildman–Crippen LogP) is 9.49. The fraction of sp³-hybridized carbons (Fsp3) is 0.208. The Kier molecular flexibility index (Phi) is 14.5. The van der Waals surface area contributed by atoms with Crippen LogP contribution in [-0.2, 0) is 35.6 Å². The number of amides is 1.